The van der Waals surface area contributed by atoms with Crippen LogP contribution < -0.4 is 5.73 Å². The van der Waals surface area contributed by atoms with E-state index in [1.54, 1.807) is 29.9 Å². The highest BCUT2D eigenvalue weighted by atomic mass is 35.5. The van der Waals surface area contributed by atoms with Crippen LogP contribution in [0.1, 0.15) is 16.2 Å². The number of aromatic nitrogens is 3. The molecule has 0 spiro atoms. The van der Waals surface area contributed by atoms with Crippen LogP contribution in [0.3, 0.4) is 0 Å². The van der Waals surface area contributed by atoms with Gasteiger partial charge in [0.25, 0.3) is 0 Å². The number of nitrogen functional groups attached to an aromatic ring is 1. The van der Waals surface area contributed by atoms with Gasteiger partial charge in [-0.05, 0) is 18.2 Å². The van der Waals surface area contributed by atoms with Gasteiger partial charge in [0.05, 0.1) is 17.1 Å². The maximum absolute atomic E-state index is 11.9. The Morgan fingerprint density at radius 2 is 2.29 bits per heavy atom. The standard InChI is InChI=1S/C11H11ClN4O/c1-16-11(14-6-15-16)5-10(17)7-2-3-8(12)9(13)4-7/h2-4,6H,5,13H2,1H3. The SMILES string of the molecule is Cn1ncnc1CC(=O)c1ccc(Cl)c(N)c1. The second-order valence-electron chi connectivity index (χ2n) is 3.64. The van der Waals surface area contributed by atoms with E-state index in [9.17, 15) is 4.79 Å². The maximum atomic E-state index is 11.9. The van der Waals surface area contributed by atoms with Crippen LogP contribution in [-0.4, -0.2) is 20.5 Å². The van der Waals surface area contributed by atoms with Gasteiger partial charge in [0.1, 0.15) is 12.2 Å². The number of benzene rings is 1. The van der Waals surface area contributed by atoms with Crippen molar-refractivity contribution in [2.24, 2.45) is 7.05 Å². The average Bonchev–Trinajstić information content (AvgIpc) is 2.68. The summed E-state index contributed by atoms with van der Waals surface area (Å²) in [7, 11) is 1.74. The Kier molecular flexibility index (Phi) is 3.10. The number of Topliss-reactive ketones (excluding diaryl/α,β-unsaturated/α-hetero) is 1. The molecule has 0 unspecified atom stereocenters. The van der Waals surface area contributed by atoms with Crippen molar-refractivity contribution >= 4 is 23.1 Å². The van der Waals surface area contributed by atoms with Crippen LogP contribution in [0.15, 0.2) is 24.5 Å². The lowest BCUT2D eigenvalue weighted by molar-refractivity contribution is 0.0989. The monoisotopic (exact) mass is 250 g/mol. The molecule has 1 heterocycles. The fraction of sp³-hybridized carbons (Fsp3) is 0.182. The molecule has 0 bridgehead atoms. The average molecular weight is 251 g/mol. The first kappa shape index (κ1) is 11.6. The highest BCUT2D eigenvalue weighted by Crippen LogP contribution is 2.20. The van der Waals surface area contributed by atoms with Gasteiger partial charge >= 0.3 is 0 Å². The minimum atomic E-state index is -0.0653. The summed E-state index contributed by atoms with van der Waals surface area (Å²) in [6.45, 7) is 0. The van der Waals surface area contributed by atoms with E-state index < -0.39 is 0 Å². The number of hydrogen-bond donors (Lipinski definition) is 1. The van der Waals surface area contributed by atoms with E-state index in [1.807, 2.05) is 0 Å². The summed E-state index contributed by atoms with van der Waals surface area (Å²) in [5.74, 6) is 0.549. The Hall–Kier alpha value is -1.88. The molecule has 17 heavy (non-hydrogen) atoms. The van der Waals surface area contributed by atoms with E-state index >= 15 is 0 Å². The van der Waals surface area contributed by atoms with Gasteiger partial charge in [0.15, 0.2) is 5.78 Å². The molecule has 0 aliphatic heterocycles. The zero-order chi connectivity index (χ0) is 12.4. The third-order valence-electron chi connectivity index (χ3n) is 2.44. The fourth-order valence-corrected chi connectivity index (χ4v) is 1.56. The van der Waals surface area contributed by atoms with Crippen molar-refractivity contribution in [2.75, 3.05) is 5.73 Å². The zero-order valence-corrected chi connectivity index (χ0v) is 9.98. The molecular weight excluding hydrogens is 240 g/mol. The van der Waals surface area contributed by atoms with Gasteiger partial charge in [-0.15, -0.1) is 0 Å². The van der Waals surface area contributed by atoms with Gasteiger partial charge < -0.3 is 5.73 Å². The molecule has 0 aliphatic carbocycles. The first-order chi connectivity index (χ1) is 8.08. The summed E-state index contributed by atoms with van der Waals surface area (Å²) < 4.78 is 1.57. The molecule has 0 fully saturated rings. The number of ketones is 1. The summed E-state index contributed by atoms with van der Waals surface area (Å²) in [6, 6.07) is 4.83. The summed E-state index contributed by atoms with van der Waals surface area (Å²) in [5.41, 5.74) is 6.57. The highest BCUT2D eigenvalue weighted by molar-refractivity contribution is 6.33. The van der Waals surface area contributed by atoms with E-state index in [1.165, 1.54) is 6.33 Å². The predicted octanol–water partition coefficient (Wildman–Crippen LogP) is 1.48. The Balaban J connectivity index is 2.20. The summed E-state index contributed by atoms with van der Waals surface area (Å²) in [4.78, 5) is 15.9. The lowest BCUT2D eigenvalue weighted by Crippen LogP contribution is -2.09. The van der Waals surface area contributed by atoms with Crippen LogP contribution in [0, 0.1) is 0 Å². The highest BCUT2D eigenvalue weighted by Gasteiger charge is 2.11. The summed E-state index contributed by atoms with van der Waals surface area (Å²) in [6.07, 6.45) is 1.61. The van der Waals surface area contributed by atoms with Crippen LogP contribution >= 0.6 is 11.6 Å². The van der Waals surface area contributed by atoms with Crippen LogP contribution in [-0.2, 0) is 13.5 Å². The summed E-state index contributed by atoms with van der Waals surface area (Å²) in [5, 5.41) is 4.35. The van der Waals surface area contributed by atoms with Gasteiger partial charge in [0.2, 0.25) is 0 Å². The molecule has 0 saturated heterocycles. The van der Waals surface area contributed by atoms with Crippen molar-refractivity contribution in [3.63, 3.8) is 0 Å². The number of aryl methyl sites for hydroxylation is 1. The van der Waals surface area contributed by atoms with Crippen molar-refractivity contribution < 1.29 is 4.79 Å². The van der Waals surface area contributed by atoms with Crippen LogP contribution in [0.25, 0.3) is 0 Å². The van der Waals surface area contributed by atoms with Gasteiger partial charge in [-0.3, -0.25) is 9.48 Å². The maximum Gasteiger partial charge on any atom is 0.170 e. The summed E-state index contributed by atoms with van der Waals surface area (Å²) >= 11 is 5.79. The topological polar surface area (TPSA) is 73.8 Å². The predicted molar refractivity (Wildman–Crippen MR) is 64.9 cm³/mol. The first-order valence-corrected chi connectivity index (χ1v) is 5.37. The van der Waals surface area contributed by atoms with Crippen LogP contribution in [0.2, 0.25) is 5.02 Å². The Morgan fingerprint density at radius 3 is 2.88 bits per heavy atom. The number of carbonyl (C=O) groups excluding carboxylic acids is 1. The molecule has 2 N–H and O–H groups in total. The third-order valence-corrected chi connectivity index (χ3v) is 2.79. The van der Waals surface area contributed by atoms with Crippen LogP contribution in [0.5, 0.6) is 0 Å². The molecule has 5 nitrogen and oxygen atoms in total. The molecule has 1 aromatic carbocycles. The minimum absolute atomic E-state index is 0.0653. The second kappa shape index (κ2) is 4.55. The third kappa shape index (κ3) is 2.45. The zero-order valence-electron chi connectivity index (χ0n) is 9.22. The number of carbonyl (C=O) groups is 1. The minimum Gasteiger partial charge on any atom is -0.398 e. The van der Waals surface area contributed by atoms with Crippen molar-refractivity contribution in [2.45, 2.75) is 6.42 Å². The normalized spacial score (nSPS) is 10.5. The van der Waals surface area contributed by atoms with E-state index in [0.29, 0.717) is 22.1 Å². The van der Waals surface area contributed by atoms with E-state index in [2.05, 4.69) is 10.1 Å². The molecule has 0 radical (unpaired) electrons. The lowest BCUT2D eigenvalue weighted by atomic mass is 10.1. The van der Waals surface area contributed by atoms with Gasteiger partial charge in [-0.25, -0.2) is 4.98 Å². The number of rotatable bonds is 3. The van der Waals surface area contributed by atoms with Gasteiger partial charge in [0, 0.05) is 12.6 Å². The van der Waals surface area contributed by atoms with Crippen molar-refractivity contribution in [3.8, 4) is 0 Å². The molecule has 2 aromatic rings. The number of halogens is 1. The fourth-order valence-electron chi connectivity index (χ4n) is 1.44. The Bertz CT molecular complexity index is 564. The molecule has 6 heteroatoms. The van der Waals surface area contributed by atoms with Crippen molar-refractivity contribution in [1.82, 2.24) is 14.8 Å². The molecule has 2 rings (SSSR count). The Labute approximate surface area is 103 Å². The lowest BCUT2D eigenvalue weighted by Gasteiger charge is -2.03. The molecular formula is C11H11ClN4O. The second-order valence-corrected chi connectivity index (χ2v) is 4.04. The number of nitrogens with two attached hydrogens (primary N) is 1. The molecule has 0 amide bonds. The van der Waals surface area contributed by atoms with E-state index in [-0.39, 0.29) is 12.2 Å². The largest absolute Gasteiger partial charge is 0.398 e. The number of nitrogens with zero attached hydrogens (tertiary/aromatic N) is 3. The first-order valence-electron chi connectivity index (χ1n) is 4.99. The van der Waals surface area contributed by atoms with Crippen LogP contribution in [0.4, 0.5) is 5.69 Å². The molecule has 0 saturated carbocycles. The number of anilines is 1. The quantitative estimate of drug-likeness (QED) is 0.661. The van der Waals surface area contributed by atoms with Crippen molar-refractivity contribution in [3.05, 3.63) is 40.9 Å². The van der Waals surface area contributed by atoms with Gasteiger partial charge in [-0.1, -0.05) is 11.6 Å². The van der Waals surface area contributed by atoms with Gasteiger partial charge in [-0.2, -0.15) is 5.10 Å². The molecule has 1 aromatic heterocycles. The smallest absolute Gasteiger partial charge is 0.170 e. The Morgan fingerprint density at radius 1 is 1.53 bits per heavy atom. The van der Waals surface area contributed by atoms with Crippen molar-refractivity contribution in [1.29, 1.82) is 0 Å². The van der Waals surface area contributed by atoms with E-state index in [0.717, 1.165) is 0 Å². The molecule has 88 valence electrons. The molecule has 0 aliphatic rings. The number of hydrogen-bond acceptors (Lipinski definition) is 4. The van der Waals surface area contributed by atoms with E-state index in [4.69, 9.17) is 17.3 Å². The molecule has 0 atom stereocenters.